The summed E-state index contributed by atoms with van der Waals surface area (Å²) in [5.41, 5.74) is -0.324. The van der Waals surface area contributed by atoms with Crippen molar-refractivity contribution in [3.8, 4) is 0 Å². The Morgan fingerprint density at radius 1 is 1.30 bits per heavy atom. The number of nitrogens with zero attached hydrogens (tertiary/aromatic N) is 1. The van der Waals surface area contributed by atoms with E-state index in [1.165, 1.54) is 12.1 Å². The van der Waals surface area contributed by atoms with E-state index in [-0.39, 0.29) is 23.6 Å². The SMILES string of the molecule is Cc1cccc([N+](=O)[O-])c1C(=O)NCC(=O)C(C)(C)C. The van der Waals surface area contributed by atoms with Gasteiger partial charge in [0, 0.05) is 11.5 Å². The van der Waals surface area contributed by atoms with Crippen LogP contribution in [0.15, 0.2) is 18.2 Å². The van der Waals surface area contributed by atoms with Gasteiger partial charge < -0.3 is 5.32 Å². The lowest BCUT2D eigenvalue weighted by Crippen LogP contribution is -2.36. The Hall–Kier alpha value is -2.24. The van der Waals surface area contributed by atoms with Crippen LogP contribution in [0.25, 0.3) is 0 Å². The van der Waals surface area contributed by atoms with Crippen LogP contribution >= 0.6 is 0 Å². The highest BCUT2D eigenvalue weighted by Crippen LogP contribution is 2.21. The van der Waals surface area contributed by atoms with Crippen LogP contribution in [0.4, 0.5) is 5.69 Å². The number of amides is 1. The minimum atomic E-state index is -0.604. The van der Waals surface area contributed by atoms with Crippen LogP contribution in [0.2, 0.25) is 0 Å². The fourth-order valence-electron chi connectivity index (χ4n) is 1.61. The molecule has 0 bridgehead atoms. The average Bonchev–Trinajstić information content (AvgIpc) is 2.33. The fourth-order valence-corrected chi connectivity index (χ4v) is 1.61. The number of hydrogen-bond donors (Lipinski definition) is 1. The molecule has 0 aliphatic carbocycles. The third-order valence-electron chi connectivity index (χ3n) is 2.92. The summed E-state index contributed by atoms with van der Waals surface area (Å²) < 4.78 is 0. The number of Topliss-reactive ketones (excluding diaryl/α,β-unsaturated/α-hetero) is 1. The predicted octanol–water partition coefficient (Wildman–Crippen LogP) is 2.25. The number of carbonyl (C=O) groups is 2. The smallest absolute Gasteiger partial charge is 0.282 e. The summed E-state index contributed by atoms with van der Waals surface area (Å²) in [5.74, 6) is -0.741. The molecular weight excluding hydrogens is 260 g/mol. The molecule has 1 amide bonds. The van der Waals surface area contributed by atoms with Crippen molar-refractivity contribution in [3.63, 3.8) is 0 Å². The molecule has 0 aromatic heterocycles. The van der Waals surface area contributed by atoms with Gasteiger partial charge in [0.25, 0.3) is 11.6 Å². The van der Waals surface area contributed by atoms with Gasteiger partial charge in [-0.1, -0.05) is 32.9 Å². The van der Waals surface area contributed by atoms with Gasteiger partial charge in [0.05, 0.1) is 11.5 Å². The van der Waals surface area contributed by atoms with Crippen LogP contribution in [0.1, 0.15) is 36.7 Å². The molecule has 0 heterocycles. The molecule has 0 spiro atoms. The highest BCUT2D eigenvalue weighted by atomic mass is 16.6. The van der Waals surface area contributed by atoms with Crippen LogP contribution in [-0.4, -0.2) is 23.2 Å². The van der Waals surface area contributed by atoms with Gasteiger partial charge in [0.15, 0.2) is 5.78 Å². The standard InChI is InChI=1S/C14H18N2O4/c1-9-6-5-7-10(16(19)20)12(9)13(18)15-8-11(17)14(2,3)4/h5-7H,8H2,1-4H3,(H,15,18). The molecule has 6 nitrogen and oxygen atoms in total. The summed E-state index contributed by atoms with van der Waals surface area (Å²) in [6.07, 6.45) is 0. The molecule has 1 aromatic carbocycles. The lowest BCUT2D eigenvalue weighted by molar-refractivity contribution is -0.385. The topological polar surface area (TPSA) is 89.3 Å². The van der Waals surface area contributed by atoms with Crippen LogP contribution in [-0.2, 0) is 4.79 Å². The number of nitrogens with one attached hydrogen (secondary N) is 1. The summed E-state index contributed by atoms with van der Waals surface area (Å²) in [5, 5.41) is 13.4. The van der Waals surface area contributed by atoms with E-state index < -0.39 is 16.2 Å². The van der Waals surface area contributed by atoms with Gasteiger partial charge >= 0.3 is 0 Å². The number of ketones is 1. The van der Waals surface area contributed by atoms with E-state index in [0.717, 1.165) is 0 Å². The number of rotatable bonds is 4. The summed E-state index contributed by atoms with van der Waals surface area (Å²) in [7, 11) is 0. The van der Waals surface area contributed by atoms with Crippen molar-refractivity contribution in [2.45, 2.75) is 27.7 Å². The Labute approximate surface area is 117 Å². The molecule has 0 radical (unpaired) electrons. The molecule has 20 heavy (non-hydrogen) atoms. The van der Waals surface area contributed by atoms with Crippen molar-refractivity contribution in [1.82, 2.24) is 5.32 Å². The Balaban J connectivity index is 2.94. The Morgan fingerprint density at radius 2 is 1.90 bits per heavy atom. The average molecular weight is 278 g/mol. The van der Waals surface area contributed by atoms with Gasteiger partial charge in [0.1, 0.15) is 5.56 Å². The highest BCUT2D eigenvalue weighted by molar-refractivity contribution is 6.01. The van der Waals surface area contributed by atoms with E-state index >= 15 is 0 Å². The molecule has 0 saturated carbocycles. The summed E-state index contributed by atoms with van der Waals surface area (Å²) in [6.45, 7) is 6.72. The molecule has 108 valence electrons. The van der Waals surface area contributed by atoms with Gasteiger partial charge in [-0.3, -0.25) is 19.7 Å². The van der Waals surface area contributed by atoms with Crippen LogP contribution in [0, 0.1) is 22.5 Å². The molecule has 1 aromatic rings. The van der Waals surface area contributed by atoms with E-state index in [2.05, 4.69) is 5.32 Å². The number of nitro groups is 1. The zero-order valence-electron chi connectivity index (χ0n) is 12.0. The maximum absolute atomic E-state index is 12.1. The first-order valence-electron chi connectivity index (χ1n) is 6.20. The van der Waals surface area contributed by atoms with Gasteiger partial charge in [-0.2, -0.15) is 0 Å². The molecule has 0 aliphatic rings. The molecule has 6 heteroatoms. The summed E-state index contributed by atoms with van der Waals surface area (Å²) in [6, 6.07) is 4.41. The van der Waals surface area contributed by atoms with Crippen LogP contribution in [0.5, 0.6) is 0 Å². The zero-order chi connectivity index (χ0) is 15.5. The van der Waals surface area contributed by atoms with Gasteiger partial charge in [-0.15, -0.1) is 0 Å². The molecule has 0 atom stereocenters. The van der Waals surface area contributed by atoms with E-state index in [1.807, 2.05) is 0 Å². The highest BCUT2D eigenvalue weighted by Gasteiger charge is 2.25. The molecule has 1 N–H and O–H groups in total. The Bertz CT molecular complexity index is 559. The maximum atomic E-state index is 12.1. The lowest BCUT2D eigenvalue weighted by Gasteiger charge is -2.17. The normalized spacial score (nSPS) is 11.0. The van der Waals surface area contributed by atoms with Crippen molar-refractivity contribution in [1.29, 1.82) is 0 Å². The third kappa shape index (κ3) is 3.63. The second kappa shape index (κ2) is 5.81. The van der Waals surface area contributed by atoms with E-state index in [4.69, 9.17) is 0 Å². The molecule has 0 aliphatic heterocycles. The molecule has 0 saturated heterocycles. The van der Waals surface area contributed by atoms with E-state index in [9.17, 15) is 19.7 Å². The number of hydrogen-bond acceptors (Lipinski definition) is 4. The van der Waals surface area contributed by atoms with E-state index in [1.54, 1.807) is 33.8 Å². The second-order valence-electron chi connectivity index (χ2n) is 5.58. The number of benzene rings is 1. The minimum Gasteiger partial charge on any atom is -0.345 e. The van der Waals surface area contributed by atoms with Crippen molar-refractivity contribution >= 4 is 17.4 Å². The number of carbonyl (C=O) groups excluding carboxylic acids is 2. The Kier molecular flexibility index (Phi) is 4.60. The minimum absolute atomic E-state index is 0.000732. The number of aryl methyl sites for hydroxylation is 1. The molecular formula is C14H18N2O4. The summed E-state index contributed by atoms with van der Waals surface area (Å²) in [4.78, 5) is 34.1. The van der Waals surface area contributed by atoms with Crippen LogP contribution < -0.4 is 5.32 Å². The van der Waals surface area contributed by atoms with Crippen molar-refractivity contribution in [3.05, 3.63) is 39.4 Å². The molecule has 1 rings (SSSR count). The first-order chi connectivity index (χ1) is 9.14. The van der Waals surface area contributed by atoms with Crippen molar-refractivity contribution in [2.24, 2.45) is 5.41 Å². The monoisotopic (exact) mass is 278 g/mol. The first kappa shape index (κ1) is 15.8. The van der Waals surface area contributed by atoms with Crippen LogP contribution in [0.3, 0.4) is 0 Å². The van der Waals surface area contributed by atoms with E-state index in [0.29, 0.717) is 5.56 Å². The largest absolute Gasteiger partial charge is 0.345 e. The Morgan fingerprint density at radius 3 is 2.40 bits per heavy atom. The lowest BCUT2D eigenvalue weighted by atomic mass is 9.91. The van der Waals surface area contributed by atoms with Crippen molar-refractivity contribution < 1.29 is 14.5 Å². The maximum Gasteiger partial charge on any atom is 0.282 e. The van der Waals surface area contributed by atoms with Gasteiger partial charge in [-0.25, -0.2) is 0 Å². The summed E-state index contributed by atoms with van der Waals surface area (Å²) >= 11 is 0. The van der Waals surface area contributed by atoms with Gasteiger partial charge in [0.2, 0.25) is 0 Å². The number of nitro benzene ring substituents is 1. The second-order valence-corrected chi connectivity index (χ2v) is 5.58. The van der Waals surface area contributed by atoms with Crippen molar-refractivity contribution in [2.75, 3.05) is 6.54 Å². The molecule has 0 unspecified atom stereocenters. The van der Waals surface area contributed by atoms with Gasteiger partial charge in [-0.05, 0) is 12.5 Å². The zero-order valence-corrected chi connectivity index (χ0v) is 12.0. The molecule has 0 fully saturated rings. The predicted molar refractivity (Wildman–Crippen MR) is 74.6 cm³/mol. The quantitative estimate of drug-likeness (QED) is 0.675. The fraction of sp³-hybridized carbons (Fsp3) is 0.429. The first-order valence-corrected chi connectivity index (χ1v) is 6.20. The third-order valence-corrected chi connectivity index (χ3v) is 2.92.